The number of rotatable bonds is 5. The summed E-state index contributed by atoms with van der Waals surface area (Å²) in [5, 5.41) is 12.9. The lowest BCUT2D eigenvalue weighted by Gasteiger charge is -2.41. The number of carbonyl (C=O) groups excluding carboxylic acids is 2. The van der Waals surface area contributed by atoms with Crippen LogP contribution in [-0.4, -0.2) is 76.5 Å². The van der Waals surface area contributed by atoms with Gasteiger partial charge in [0.2, 0.25) is 5.91 Å². The molecule has 0 bridgehead atoms. The van der Waals surface area contributed by atoms with Gasteiger partial charge in [-0.05, 0) is 81.2 Å². The summed E-state index contributed by atoms with van der Waals surface area (Å²) in [5.74, 6) is -1.19. The molecule has 1 saturated heterocycles. The number of halogens is 1. The van der Waals surface area contributed by atoms with Gasteiger partial charge >= 0.3 is 6.09 Å². The van der Waals surface area contributed by atoms with E-state index in [0.717, 1.165) is 16.7 Å². The predicted octanol–water partition coefficient (Wildman–Crippen LogP) is 4.54. The largest absolute Gasteiger partial charge is 0.444 e. The van der Waals surface area contributed by atoms with Crippen molar-refractivity contribution in [3.8, 4) is 0 Å². The van der Waals surface area contributed by atoms with E-state index in [1.807, 2.05) is 52.8 Å². The molecule has 5 rings (SSSR count). The number of piperazine rings is 1. The minimum atomic E-state index is -0.636. The molecule has 3 unspecified atom stereocenters. The summed E-state index contributed by atoms with van der Waals surface area (Å²) in [7, 11) is 0. The van der Waals surface area contributed by atoms with E-state index < -0.39 is 23.2 Å². The third-order valence-electron chi connectivity index (χ3n) is 7.75. The van der Waals surface area contributed by atoms with Crippen molar-refractivity contribution in [1.29, 1.82) is 0 Å². The van der Waals surface area contributed by atoms with Gasteiger partial charge in [0.1, 0.15) is 11.4 Å². The zero-order valence-electron chi connectivity index (χ0n) is 23.7. The van der Waals surface area contributed by atoms with Crippen molar-refractivity contribution in [2.45, 2.75) is 70.4 Å². The Morgan fingerprint density at radius 2 is 1.90 bits per heavy atom. The molecule has 0 aliphatic carbocycles. The fraction of sp³-hybridized carbons (Fsp3) is 0.484. The van der Waals surface area contributed by atoms with Crippen LogP contribution in [0.4, 0.5) is 14.9 Å². The fourth-order valence-electron chi connectivity index (χ4n) is 5.78. The van der Waals surface area contributed by atoms with Gasteiger partial charge in [0.25, 0.3) is 0 Å². The van der Waals surface area contributed by atoms with Crippen LogP contribution in [-0.2, 0) is 20.8 Å². The van der Waals surface area contributed by atoms with Crippen LogP contribution in [0.25, 0.3) is 5.57 Å². The van der Waals surface area contributed by atoms with Crippen LogP contribution >= 0.6 is 0 Å². The third-order valence-corrected chi connectivity index (χ3v) is 7.75. The highest BCUT2D eigenvalue weighted by Gasteiger charge is 2.44. The van der Waals surface area contributed by atoms with Crippen molar-refractivity contribution in [2.75, 3.05) is 31.6 Å². The molecule has 2 N–H and O–H groups in total. The molecular weight excluding hydrogens is 513 g/mol. The first-order chi connectivity index (χ1) is 18.8. The summed E-state index contributed by atoms with van der Waals surface area (Å²) in [6, 6.07) is 12.4. The van der Waals surface area contributed by atoms with Crippen LogP contribution in [0.1, 0.15) is 57.2 Å². The Balaban J connectivity index is 1.28. The van der Waals surface area contributed by atoms with Gasteiger partial charge in [0, 0.05) is 31.9 Å². The van der Waals surface area contributed by atoms with Crippen LogP contribution < -0.4 is 5.32 Å². The number of nitrogens with one attached hydrogen (secondary N) is 1. The quantitative estimate of drug-likeness (QED) is 0.567. The lowest BCUT2D eigenvalue weighted by molar-refractivity contribution is -0.120. The lowest BCUT2D eigenvalue weighted by Crippen LogP contribution is -2.56. The van der Waals surface area contributed by atoms with Crippen molar-refractivity contribution < 1.29 is 28.6 Å². The average Bonchev–Trinajstić information content (AvgIpc) is 3.37. The summed E-state index contributed by atoms with van der Waals surface area (Å²) in [4.78, 5) is 29.1. The summed E-state index contributed by atoms with van der Waals surface area (Å²) >= 11 is 0. The molecule has 1 fully saturated rings. The van der Waals surface area contributed by atoms with E-state index in [0.29, 0.717) is 37.4 Å². The molecule has 3 aliphatic heterocycles. The number of aliphatic hydroxyl groups excluding tert-OH is 1. The number of ether oxygens (including phenoxy) is 2. The van der Waals surface area contributed by atoms with Crippen LogP contribution in [0.5, 0.6) is 0 Å². The Bertz CT molecular complexity index is 1320. The Morgan fingerprint density at radius 3 is 2.58 bits per heavy atom. The van der Waals surface area contributed by atoms with Gasteiger partial charge in [-0.15, -0.1) is 0 Å². The van der Waals surface area contributed by atoms with E-state index in [1.54, 1.807) is 11.0 Å². The zero-order chi connectivity index (χ0) is 28.8. The van der Waals surface area contributed by atoms with Crippen LogP contribution in [0, 0.1) is 5.82 Å². The van der Waals surface area contributed by atoms with Crippen LogP contribution in [0.15, 0.2) is 48.5 Å². The number of carbonyl (C=O) groups is 2. The number of benzene rings is 2. The molecule has 40 heavy (non-hydrogen) atoms. The molecule has 214 valence electrons. The number of amides is 2. The van der Waals surface area contributed by atoms with E-state index in [4.69, 9.17) is 9.47 Å². The minimum absolute atomic E-state index is 0.0566. The van der Waals surface area contributed by atoms with Crippen molar-refractivity contribution >= 4 is 23.3 Å². The fourth-order valence-corrected chi connectivity index (χ4v) is 5.78. The van der Waals surface area contributed by atoms with Crippen molar-refractivity contribution in [1.82, 2.24) is 9.80 Å². The van der Waals surface area contributed by atoms with Gasteiger partial charge in [0.05, 0.1) is 30.3 Å². The molecule has 0 saturated carbocycles. The molecule has 2 aromatic carbocycles. The van der Waals surface area contributed by atoms with E-state index in [2.05, 4.69) is 22.3 Å². The number of hydrogen-bond donors (Lipinski definition) is 2. The van der Waals surface area contributed by atoms with E-state index in [-0.39, 0.29) is 30.5 Å². The number of aliphatic hydroxyl groups is 1. The van der Waals surface area contributed by atoms with E-state index in [9.17, 15) is 19.1 Å². The smallest absolute Gasteiger partial charge is 0.410 e. The van der Waals surface area contributed by atoms with Crippen molar-refractivity contribution in [2.24, 2.45) is 0 Å². The monoisotopic (exact) mass is 551 g/mol. The predicted molar refractivity (Wildman–Crippen MR) is 150 cm³/mol. The Morgan fingerprint density at radius 1 is 1.18 bits per heavy atom. The SMILES string of the molecule is CC(C)(C)OC(=O)N1CCN(Cc2ccc(C3=CC(C4C(=O)Nc5ccc(F)cc54)OC3(C)C)cc2)C(CO)C1. The van der Waals surface area contributed by atoms with Gasteiger partial charge < -0.3 is 24.8 Å². The van der Waals surface area contributed by atoms with Gasteiger partial charge in [-0.25, -0.2) is 9.18 Å². The lowest BCUT2D eigenvalue weighted by atomic mass is 9.90. The number of nitrogens with zero attached hydrogens (tertiary/aromatic N) is 2. The van der Waals surface area contributed by atoms with Gasteiger partial charge in [-0.2, -0.15) is 0 Å². The second-order valence-electron chi connectivity index (χ2n) is 12.3. The Hall–Kier alpha value is -3.27. The number of anilines is 1. The average molecular weight is 552 g/mol. The Labute approximate surface area is 234 Å². The molecular formula is C31H38FN3O5. The van der Waals surface area contributed by atoms with Crippen LogP contribution in [0.3, 0.4) is 0 Å². The first kappa shape index (κ1) is 28.3. The molecule has 2 amide bonds. The zero-order valence-corrected chi connectivity index (χ0v) is 23.7. The molecule has 9 heteroatoms. The first-order valence-electron chi connectivity index (χ1n) is 13.8. The maximum absolute atomic E-state index is 14.0. The van der Waals surface area contributed by atoms with Crippen molar-refractivity contribution in [3.05, 3.63) is 71.0 Å². The Kier molecular flexibility index (Phi) is 7.50. The molecule has 0 radical (unpaired) electrons. The highest BCUT2D eigenvalue weighted by atomic mass is 19.1. The highest BCUT2D eigenvalue weighted by molar-refractivity contribution is 6.03. The van der Waals surface area contributed by atoms with Gasteiger partial charge in [0.15, 0.2) is 0 Å². The number of hydrogen-bond acceptors (Lipinski definition) is 6. The molecule has 0 aromatic heterocycles. The third kappa shape index (κ3) is 5.77. The second kappa shape index (κ2) is 10.6. The normalized spacial score (nSPS) is 24.5. The van der Waals surface area contributed by atoms with Gasteiger partial charge in [-0.3, -0.25) is 9.69 Å². The molecule has 2 aromatic rings. The summed E-state index contributed by atoms with van der Waals surface area (Å²) in [6.07, 6.45) is 1.11. The summed E-state index contributed by atoms with van der Waals surface area (Å²) in [5.41, 5.74) is 3.08. The molecule has 8 nitrogen and oxygen atoms in total. The first-order valence-corrected chi connectivity index (χ1v) is 13.8. The maximum Gasteiger partial charge on any atom is 0.410 e. The molecule has 3 atom stereocenters. The van der Waals surface area contributed by atoms with E-state index in [1.165, 1.54) is 12.1 Å². The van der Waals surface area contributed by atoms with E-state index >= 15 is 0 Å². The summed E-state index contributed by atoms with van der Waals surface area (Å²) in [6.45, 7) is 11.6. The number of fused-ring (bicyclic) bond motifs is 1. The molecule has 0 spiro atoms. The standard InChI is InChI=1S/C31H38FN3O5/c1-30(2,3)40-29(38)35-13-12-34(22(17-35)18-36)16-19-6-8-20(9-7-19)24-15-26(39-31(24,4)5)27-23-14-21(32)10-11-25(23)33-28(27)37/h6-11,14-15,22,26-27,36H,12-13,16-18H2,1-5H3,(H,33,37). The van der Waals surface area contributed by atoms with Crippen LogP contribution in [0.2, 0.25) is 0 Å². The van der Waals surface area contributed by atoms with Gasteiger partial charge in [-0.1, -0.05) is 24.3 Å². The topological polar surface area (TPSA) is 91.3 Å². The highest BCUT2D eigenvalue weighted by Crippen LogP contribution is 2.45. The molecule has 3 aliphatic rings. The second-order valence-corrected chi connectivity index (χ2v) is 12.3. The maximum atomic E-state index is 14.0. The minimum Gasteiger partial charge on any atom is -0.444 e. The summed E-state index contributed by atoms with van der Waals surface area (Å²) < 4.78 is 25.8. The molecule has 3 heterocycles. The van der Waals surface area contributed by atoms with Crippen molar-refractivity contribution in [3.63, 3.8) is 0 Å².